The van der Waals surface area contributed by atoms with Crippen LogP contribution in [-0.2, 0) is 30.3 Å². The quantitative estimate of drug-likeness (QED) is 0.733. The fourth-order valence-corrected chi connectivity index (χ4v) is 4.62. The van der Waals surface area contributed by atoms with Gasteiger partial charge in [-0.1, -0.05) is 60.7 Å². The second-order valence-corrected chi connectivity index (χ2v) is 7.93. The van der Waals surface area contributed by atoms with Gasteiger partial charge in [0.15, 0.2) is 12.6 Å². The van der Waals surface area contributed by atoms with E-state index in [1.807, 2.05) is 54.8 Å². The van der Waals surface area contributed by atoms with Gasteiger partial charge < -0.3 is 23.7 Å². The molecule has 150 valence electrons. The average Bonchev–Trinajstić information content (AvgIpc) is 2.77. The molecule has 0 radical (unpaired) electrons. The molecule has 28 heavy (non-hydrogen) atoms. The zero-order valence-corrected chi connectivity index (χ0v) is 16.9. The first-order valence-corrected chi connectivity index (χ1v) is 10.8. The van der Waals surface area contributed by atoms with Crippen molar-refractivity contribution in [2.45, 2.75) is 42.7 Å². The van der Waals surface area contributed by atoms with Gasteiger partial charge in [-0.3, -0.25) is 0 Å². The van der Waals surface area contributed by atoms with E-state index in [1.165, 1.54) is 0 Å². The summed E-state index contributed by atoms with van der Waals surface area (Å²) in [6, 6.07) is 20.2. The Bertz CT molecular complexity index is 728. The lowest BCUT2D eigenvalue weighted by molar-refractivity contribution is -0.337. The van der Waals surface area contributed by atoms with Gasteiger partial charge in [-0.2, -0.15) is 11.8 Å². The third-order valence-corrected chi connectivity index (χ3v) is 6.18. The maximum Gasteiger partial charge on any atom is 0.184 e. The van der Waals surface area contributed by atoms with Crippen molar-refractivity contribution in [2.75, 3.05) is 20.0 Å². The fourth-order valence-electron chi connectivity index (χ4n) is 3.72. The van der Waals surface area contributed by atoms with Gasteiger partial charge in [-0.15, -0.1) is 0 Å². The van der Waals surface area contributed by atoms with Crippen LogP contribution in [0.25, 0.3) is 0 Å². The Morgan fingerprint density at radius 3 is 2.39 bits per heavy atom. The highest BCUT2D eigenvalue weighted by atomic mass is 32.2. The first-order valence-electron chi connectivity index (χ1n) is 9.48. The molecule has 0 saturated carbocycles. The topological polar surface area (TPSA) is 46.2 Å². The van der Waals surface area contributed by atoms with Crippen molar-refractivity contribution in [3.05, 3.63) is 71.8 Å². The molecule has 2 saturated heterocycles. The normalized spacial score (nSPS) is 32.6. The molecule has 6 heteroatoms. The Morgan fingerprint density at radius 2 is 1.71 bits per heavy atom. The lowest BCUT2D eigenvalue weighted by Gasteiger charge is -2.48. The number of methoxy groups -OCH3 is 1. The lowest BCUT2D eigenvalue weighted by atomic mass is 9.99. The zero-order chi connectivity index (χ0) is 19.3. The minimum absolute atomic E-state index is 0.00415. The summed E-state index contributed by atoms with van der Waals surface area (Å²) < 4.78 is 30.4. The number of thioether (sulfide) groups is 1. The summed E-state index contributed by atoms with van der Waals surface area (Å²) in [6.45, 7) is 0.957. The first-order chi connectivity index (χ1) is 13.8. The first kappa shape index (κ1) is 19.9. The van der Waals surface area contributed by atoms with Crippen LogP contribution >= 0.6 is 11.8 Å². The SMILES string of the molecule is CO[C@@H]1O[C@@H]2COC(c3ccccc3)O[C@H]2[C@H](OCc2ccccc2)[C@H]1SC. The molecular formula is C22H26O5S. The van der Waals surface area contributed by atoms with E-state index in [2.05, 4.69) is 12.1 Å². The van der Waals surface area contributed by atoms with E-state index in [4.69, 9.17) is 23.7 Å². The summed E-state index contributed by atoms with van der Waals surface area (Å²) >= 11 is 1.68. The van der Waals surface area contributed by atoms with Gasteiger partial charge in [0.25, 0.3) is 0 Å². The van der Waals surface area contributed by atoms with Crippen molar-refractivity contribution in [1.29, 1.82) is 0 Å². The van der Waals surface area contributed by atoms with Crippen LogP contribution in [0.3, 0.4) is 0 Å². The highest BCUT2D eigenvalue weighted by Crippen LogP contribution is 2.39. The summed E-state index contributed by atoms with van der Waals surface area (Å²) in [5.74, 6) is 0. The van der Waals surface area contributed by atoms with E-state index in [1.54, 1.807) is 18.9 Å². The van der Waals surface area contributed by atoms with Crippen LogP contribution in [0.15, 0.2) is 60.7 Å². The lowest BCUT2D eigenvalue weighted by Crippen LogP contribution is -2.61. The van der Waals surface area contributed by atoms with Crippen LogP contribution in [0, 0.1) is 0 Å². The van der Waals surface area contributed by atoms with Gasteiger partial charge in [-0.25, -0.2) is 0 Å². The fraction of sp³-hybridized carbons (Fsp3) is 0.455. The highest BCUT2D eigenvalue weighted by Gasteiger charge is 2.50. The molecule has 6 atom stereocenters. The molecule has 0 aliphatic carbocycles. The molecule has 0 amide bonds. The van der Waals surface area contributed by atoms with E-state index >= 15 is 0 Å². The summed E-state index contributed by atoms with van der Waals surface area (Å²) in [6.07, 6.45) is 0.635. The van der Waals surface area contributed by atoms with E-state index in [0.29, 0.717) is 13.2 Å². The molecule has 4 rings (SSSR count). The van der Waals surface area contributed by atoms with Gasteiger partial charge >= 0.3 is 0 Å². The Morgan fingerprint density at radius 1 is 1.00 bits per heavy atom. The van der Waals surface area contributed by atoms with Crippen LogP contribution < -0.4 is 0 Å². The molecule has 5 nitrogen and oxygen atoms in total. The van der Waals surface area contributed by atoms with Crippen molar-refractivity contribution < 1.29 is 23.7 Å². The van der Waals surface area contributed by atoms with Crippen LogP contribution in [0.4, 0.5) is 0 Å². The van der Waals surface area contributed by atoms with Gasteiger partial charge in [0.1, 0.15) is 18.3 Å². The Kier molecular flexibility index (Phi) is 6.67. The molecule has 0 aromatic heterocycles. The molecule has 1 unspecified atom stereocenters. The molecule has 0 N–H and O–H groups in total. The highest BCUT2D eigenvalue weighted by molar-refractivity contribution is 7.99. The van der Waals surface area contributed by atoms with E-state index in [0.717, 1.165) is 11.1 Å². The van der Waals surface area contributed by atoms with Crippen molar-refractivity contribution in [1.82, 2.24) is 0 Å². The second kappa shape index (κ2) is 9.39. The van der Waals surface area contributed by atoms with Gasteiger partial charge in [0.2, 0.25) is 0 Å². The Hall–Kier alpha value is -1.41. The number of rotatable bonds is 6. The largest absolute Gasteiger partial charge is 0.369 e. The molecule has 2 aromatic rings. The van der Waals surface area contributed by atoms with Crippen LogP contribution in [0.5, 0.6) is 0 Å². The molecular weight excluding hydrogens is 376 g/mol. The molecule has 2 fully saturated rings. The average molecular weight is 403 g/mol. The second-order valence-electron chi connectivity index (χ2n) is 6.92. The van der Waals surface area contributed by atoms with Gasteiger partial charge in [0, 0.05) is 12.7 Å². The van der Waals surface area contributed by atoms with Crippen molar-refractivity contribution in [3.63, 3.8) is 0 Å². The third kappa shape index (κ3) is 4.27. The monoisotopic (exact) mass is 402 g/mol. The number of hydrogen-bond donors (Lipinski definition) is 0. The predicted octanol–water partition coefficient (Wildman–Crippen LogP) is 3.79. The molecule has 2 heterocycles. The minimum Gasteiger partial charge on any atom is -0.369 e. The van der Waals surface area contributed by atoms with Crippen LogP contribution in [0.2, 0.25) is 0 Å². The minimum atomic E-state index is -0.421. The van der Waals surface area contributed by atoms with Gasteiger partial charge in [0.05, 0.1) is 18.5 Å². The van der Waals surface area contributed by atoms with Crippen molar-refractivity contribution >= 4 is 11.8 Å². The summed E-state index contributed by atoms with van der Waals surface area (Å²) in [5, 5.41) is 0.00415. The number of hydrogen-bond acceptors (Lipinski definition) is 6. The molecule has 0 bridgehead atoms. The molecule has 0 spiro atoms. The smallest absolute Gasteiger partial charge is 0.184 e. The maximum absolute atomic E-state index is 6.40. The van der Waals surface area contributed by atoms with Crippen molar-refractivity contribution in [2.24, 2.45) is 0 Å². The standard InChI is InChI=1S/C22H26O5S/c1-23-22-20(28-2)19(24-13-15-9-5-3-6-10-15)18-17(26-22)14-25-21(27-18)16-11-7-4-8-12-16/h3-12,17-22H,13-14H2,1-2H3/t17-,18-,19+,20-,21?,22-/m1/s1. The summed E-state index contributed by atoms with van der Waals surface area (Å²) in [7, 11) is 1.67. The van der Waals surface area contributed by atoms with Crippen LogP contribution in [0.1, 0.15) is 17.4 Å². The summed E-state index contributed by atoms with van der Waals surface area (Å²) in [5.41, 5.74) is 2.13. The zero-order valence-electron chi connectivity index (χ0n) is 16.1. The Balaban J connectivity index is 1.54. The third-order valence-electron chi connectivity index (χ3n) is 5.15. The van der Waals surface area contributed by atoms with Crippen molar-refractivity contribution in [3.8, 4) is 0 Å². The molecule has 2 aromatic carbocycles. The van der Waals surface area contributed by atoms with Gasteiger partial charge in [-0.05, 0) is 11.8 Å². The van der Waals surface area contributed by atoms with Crippen LogP contribution in [-0.4, -0.2) is 49.8 Å². The summed E-state index contributed by atoms with van der Waals surface area (Å²) in [4.78, 5) is 0. The molecule has 2 aliphatic rings. The number of ether oxygens (including phenoxy) is 5. The predicted molar refractivity (Wildman–Crippen MR) is 108 cm³/mol. The molecule has 2 aliphatic heterocycles. The van der Waals surface area contributed by atoms with E-state index < -0.39 is 6.29 Å². The van der Waals surface area contributed by atoms with E-state index in [9.17, 15) is 0 Å². The number of benzene rings is 2. The maximum atomic E-state index is 6.40. The Labute approximate surface area is 170 Å². The number of fused-ring (bicyclic) bond motifs is 1. The van der Waals surface area contributed by atoms with E-state index in [-0.39, 0.29) is 29.9 Å².